The van der Waals surface area contributed by atoms with Crippen LogP contribution in [0.5, 0.6) is 0 Å². The summed E-state index contributed by atoms with van der Waals surface area (Å²) in [6, 6.07) is 0. The van der Waals surface area contributed by atoms with Crippen molar-refractivity contribution in [2.45, 2.75) is 26.2 Å². The molecule has 0 N–H and O–H groups in total. The molecule has 1 aromatic heterocycles. The monoisotopic (exact) mass is 209 g/mol. The Kier molecular flexibility index (Phi) is 2.53. The van der Waals surface area contributed by atoms with Crippen LogP contribution >= 0.6 is 0 Å². The summed E-state index contributed by atoms with van der Waals surface area (Å²) in [7, 11) is 0. The molecular formula is C10H11NO4. The van der Waals surface area contributed by atoms with Gasteiger partial charge in [-0.3, -0.25) is 4.79 Å². The van der Waals surface area contributed by atoms with E-state index < -0.39 is 5.97 Å². The first-order valence-electron chi connectivity index (χ1n) is 4.93. The van der Waals surface area contributed by atoms with Crippen molar-refractivity contribution >= 4 is 11.8 Å². The van der Waals surface area contributed by atoms with Crippen LogP contribution in [0.25, 0.3) is 0 Å². The number of rotatable bonds is 2. The van der Waals surface area contributed by atoms with Crippen LogP contribution in [0.2, 0.25) is 0 Å². The molecule has 0 saturated carbocycles. The maximum absolute atomic E-state index is 11.4. The molecule has 1 aromatic rings. The first kappa shape index (κ1) is 9.89. The van der Waals surface area contributed by atoms with E-state index in [2.05, 4.69) is 5.16 Å². The van der Waals surface area contributed by atoms with Crippen molar-refractivity contribution in [2.75, 3.05) is 6.61 Å². The Morgan fingerprint density at radius 2 is 2.33 bits per heavy atom. The van der Waals surface area contributed by atoms with Crippen molar-refractivity contribution in [1.29, 1.82) is 0 Å². The quantitative estimate of drug-likeness (QED) is 0.688. The SMILES string of the molecule is CCOC(=O)c1onc2c1CCCC2=O. The number of ether oxygens (including phenoxy) is 1. The van der Waals surface area contributed by atoms with E-state index in [0.717, 1.165) is 6.42 Å². The van der Waals surface area contributed by atoms with Gasteiger partial charge in [-0.1, -0.05) is 5.16 Å². The topological polar surface area (TPSA) is 69.4 Å². The number of Topliss-reactive ketones (excluding diaryl/α,β-unsaturated/α-hetero) is 1. The van der Waals surface area contributed by atoms with Crippen LogP contribution in [0.15, 0.2) is 4.52 Å². The van der Waals surface area contributed by atoms with Gasteiger partial charge < -0.3 is 9.26 Å². The molecule has 0 bridgehead atoms. The molecular weight excluding hydrogens is 198 g/mol. The number of ketones is 1. The summed E-state index contributed by atoms with van der Waals surface area (Å²) in [6.45, 7) is 1.99. The van der Waals surface area contributed by atoms with Crippen LogP contribution in [-0.2, 0) is 11.2 Å². The second-order valence-corrected chi connectivity index (χ2v) is 3.34. The molecule has 0 spiro atoms. The van der Waals surface area contributed by atoms with Crippen LogP contribution in [-0.4, -0.2) is 23.5 Å². The number of carbonyl (C=O) groups excluding carboxylic acids is 2. The number of hydrogen-bond acceptors (Lipinski definition) is 5. The minimum absolute atomic E-state index is 0.0597. The highest BCUT2D eigenvalue weighted by atomic mass is 16.6. The number of esters is 1. The molecule has 0 unspecified atom stereocenters. The Bertz CT molecular complexity index is 408. The Hall–Kier alpha value is -1.65. The van der Waals surface area contributed by atoms with Gasteiger partial charge in [0.1, 0.15) is 0 Å². The lowest BCUT2D eigenvalue weighted by Gasteiger charge is -2.07. The number of hydrogen-bond donors (Lipinski definition) is 0. The van der Waals surface area contributed by atoms with Crippen molar-refractivity contribution in [3.8, 4) is 0 Å². The van der Waals surface area contributed by atoms with E-state index in [1.165, 1.54) is 0 Å². The van der Waals surface area contributed by atoms with Gasteiger partial charge in [0, 0.05) is 12.0 Å². The standard InChI is InChI=1S/C10H11NO4/c1-2-14-10(13)9-6-4-3-5-7(12)8(6)11-15-9/h2-5H2,1H3. The molecule has 5 nitrogen and oxygen atoms in total. The summed E-state index contributed by atoms with van der Waals surface area (Å²) in [5, 5.41) is 3.62. The Morgan fingerprint density at radius 1 is 1.53 bits per heavy atom. The predicted octanol–water partition coefficient (Wildman–Crippen LogP) is 1.37. The van der Waals surface area contributed by atoms with Crippen molar-refractivity contribution in [3.63, 3.8) is 0 Å². The average Bonchev–Trinajstić information content (AvgIpc) is 2.63. The summed E-state index contributed by atoms with van der Waals surface area (Å²) < 4.78 is 9.66. The van der Waals surface area contributed by atoms with Crippen LogP contribution in [0.1, 0.15) is 46.4 Å². The molecule has 0 amide bonds. The number of carbonyl (C=O) groups is 2. The van der Waals surface area contributed by atoms with E-state index in [4.69, 9.17) is 9.26 Å². The predicted molar refractivity (Wildman–Crippen MR) is 49.7 cm³/mol. The van der Waals surface area contributed by atoms with Gasteiger partial charge >= 0.3 is 5.97 Å². The van der Waals surface area contributed by atoms with E-state index in [1.54, 1.807) is 6.92 Å². The van der Waals surface area contributed by atoms with Gasteiger partial charge in [-0.25, -0.2) is 4.79 Å². The van der Waals surface area contributed by atoms with Crippen LogP contribution < -0.4 is 0 Å². The van der Waals surface area contributed by atoms with Gasteiger partial charge in [-0.15, -0.1) is 0 Å². The summed E-state index contributed by atoms with van der Waals surface area (Å²) in [5.41, 5.74) is 0.897. The van der Waals surface area contributed by atoms with Gasteiger partial charge in [0.15, 0.2) is 11.5 Å². The lowest BCUT2D eigenvalue weighted by Crippen LogP contribution is -2.13. The fourth-order valence-electron chi connectivity index (χ4n) is 1.66. The fourth-order valence-corrected chi connectivity index (χ4v) is 1.66. The molecule has 5 heteroatoms. The molecule has 0 saturated heterocycles. The number of nitrogens with zero attached hydrogens (tertiary/aromatic N) is 1. The van der Waals surface area contributed by atoms with E-state index in [-0.39, 0.29) is 18.2 Å². The largest absolute Gasteiger partial charge is 0.460 e. The Morgan fingerprint density at radius 3 is 3.07 bits per heavy atom. The molecule has 1 aliphatic carbocycles. The van der Waals surface area contributed by atoms with Crippen molar-refractivity contribution in [2.24, 2.45) is 0 Å². The highest BCUT2D eigenvalue weighted by molar-refractivity contribution is 5.99. The van der Waals surface area contributed by atoms with Crippen molar-refractivity contribution in [3.05, 3.63) is 17.0 Å². The third-order valence-electron chi connectivity index (χ3n) is 2.34. The molecule has 0 aliphatic heterocycles. The number of fused-ring (bicyclic) bond motifs is 1. The zero-order valence-electron chi connectivity index (χ0n) is 8.41. The zero-order chi connectivity index (χ0) is 10.8. The molecule has 80 valence electrons. The molecule has 0 atom stereocenters. The highest BCUT2D eigenvalue weighted by Crippen LogP contribution is 2.24. The van der Waals surface area contributed by atoms with E-state index >= 15 is 0 Å². The number of aromatic nitrogens is 1. The maximum Gasteiger partial charge on any atom is 0.377 e. The molecule has 0 aromatic carbocycles. The third-order valence-corrected chi connectivity index (χ3v) is 2.34. The molecule has 0 fully saturated rings. The molecule has 1 aliphatic rings. The third kappa shape index (κ3) is 1.65. The lowest BCUT2D eigenvalue weighted by molar-refractivity contribution is 0.0477. The summed E-state index contributed by atoms with van der Waals surface area (Å²) in [6.07, 6.45) is 1.86. The van der Waals surface area contributed by atoms with E-state index in [1.807, 2.05) is 0 Å². The highest BCUT2D eigenvalue weighted by Gasteiger charge is 2.29. The van der Waals surface area contributed by atoms with Crippen LogP contribution in [0.4, 0.5) is 0 Å². The molecule has 2 rings (SSSR count). The smallest absolute Gasteiger partial charge is 0.377 e. The minimum atomic E-state index is -0.541. The van der Waals surface area contributed by atoms with Crippen molar-refractivity contribution in [1.82, 2.24) is 5.16 Å². The zero-order valence-corrected chi connectivity index (χ0v) is 8.41. The second-order valence-electron chi connectivity index (χ2n) is 3.34. The molecule has 0 radical (unpaired) electrons. The molecule has 1 heterocycles. The van der Waals surface area contributed by atoms with Gasteiger partial charge in [-0.05, 0) is 19.8 Å². The maximum atomic E-state index is 11.4. The van der Waals surface area contributed by atoms with Gasteiger partial charge in [0.2, 0.25) is 5.76 Å². The van der Waals surface area contributed by atoms with Gasteiger partial charge in [0.05, 0.1) is 6.61 Å². The summed E-state index contributed by atoms with van der Waals surface area (Å²) in [5.74, 6) is -0.517. The van der Waals surface area contributed by atoms with Gasteiger partial charge in [-0.2, -0.15) is 0 Å². The first-order chi connectivity index (χ1) is 7.24. The lowest BCUT2D eigenvalue weighted by atomic mass is 9.95. The summed E-state index contributed by atoms with van der Waals surface area (Å²) in [4.78, 5) is 22.8. The van der Waals surface area contributed by atoms with Crippen molar-refractivity contribution < 1.29 is 18.8 Å². The Labute approximate surface area is 86.4 Å². The average molecular weight is 209 g/mol. The first-order valence-corrected chi connectivity index (χ1v) is 4.93. The minimum Gasteiger partial charge on any atom is -0.460 e. The van der Waals surface area contributed by atoms with Gasteiger partial charge in [0.25, 0.3) is 0 Å². The van der Waals surface area contributed by atoms with Crippen LogP contribution in [0.3, 0.4) is 0 Å². The van der Waals surface area contributed by atoms with E-state index in [9.17, 15) is 9.59 Å². The Balaban J connectivity index is 2.34. The normalized spacial score (nSPS) is 14.9. The van der Waals surface area contributed by atoms with E-state index in [0.29, 0.717) is 24.1 Å². The van der Waals surface area contributed by atoms with Crippen LogP contribution in [0, 0.1) is 0 Å². The fraction of sp³-hybridized carbons (Fsp3) is 0.500. The molecule has 15 heavy (non-hydrogen) atoms. The second kappa shape index (κ2) is 3.84. The summed E-state index contributed by atoms with van der Waals surface area (Å²) >= 11 is 0.